The highest BCUT2D eigenvalue weighted by Crippen LogP contribution is 2.25. The molecule has 9 heteroatoms. The topological polar surface area (TPSA) is 82.6 Å². The van der Waals surface area contributed by atoms with Crippen LogP contribution in [0.25, 0.3) is 10.2 Å². The number of rotatable bonds is 5. The van der Waals surface area contributed by atoms with Crippen LogP contribution in [0.15, 0.2) is 48.5 Å². The van der Waals surface area contributed by atoms with Gasteiger partial charge in [0.05, 0.1) is 10.2 Å². The second-order valence-electron chi connectivity index (χ2n) is 6.61. The summed E-state index contributed by atoms with van der Waals surface area (Å²) in [5.41, 5.74) is 1.52. The normalized spacial score (nSPS) is 14.5. The van der Waals surface area contributed by atoms with Gasteiger partial charge in [-0.3, -0.25) is 14.4 Å². The van der Waals surface area contributed by atoms with Gasteiger partial charge in [0, 0.05) is 19.6 Å². The quantitative estimate of drug-likeness (QED) is 0.652. The molecule has 1 saturated heterocycles. The molecule has 0 bridgehead atoms. The smallest absolute Gasteiger partial charge is 0.312 e. The minimum Gasteiger partial charge on any atom is -0.328 e. The number of anilines is 1. The van der Waals surface area contributed by atoms with Crippen molar-refractivity contribution in [3.05, 3.63) is 59.9 Å². The zero-order valence-electron chi connectivity index (χ0n) is 15.3. The molecule has 1 N–H and O–H groups in total. The predicted octanol–water partition coefficient (Wildman–Crippen LogP) is 2.24. The lowest BCUT2D eigenvalue weighted by molar-refractivity contribution is -0.157. The van der Waals surface area contributed by atoms with Crippen molar-refractivity contribution >= 4 is 44.4 Å². The van der Waals surface area contributed by atoms with E-state index in [9.17, 15) is 18.8 Å². The highest BCUT2D eigenvalue weighted by atomic mass is 32.1. The Morgan fingerprint density at radius 3 is 2.48 bits per heavy atom. The number of aromatic nitrogens is 1. The molecule has 1 aliphatic rings. The Hall–Kier alpha value is -3.33. The first kappa shape index (κ1) is 19.0. The van der Waals surface area contributed by atoms with Crippen molar-refractivity contribution in [1.82, 2.24) is 14.8 Å². The van der Waals surface area contributed by atoms with Crippen LogP contribution in [0.2, 0.25) is 0 Å². The molecule has 3 amide bonds. The lowest BCUT2D eigenvalue weighted by Crippen LogP contribution is -2.55. The Morgan fingerprint density at radius 2 is 1.72 bits per heavy atom. The van der Waals surface area contributed by atoms with Gasteiger partial charge in [0.25, 0.3) is 0 Å². The molecule has 4 rings (SSSR count). The molecule has 0 atom stereocenters. The molecule has 3 aromatic rings. The van der Waals surface area contributed by atoms with Crippen LogP contribution in [-0.4, -0.2) is 52.1 Å². The zero-order chi connectivity index (χ0) is 20.4. The van der Waals surface area contributed by atoms with E-state index in [-0.39, 0.29) is 25.5 Å². The number of fused-ring (bicyclic) bond motifs is 1. The van der Waals surface area contributed by atoms with E-state index >= 15 is 0 Å². The standard InChI is InChI=1S/C20H17FN4O3S/c21-14-7-5-13(6-8-14)11-24-9-10-25(19(28)18(24)27)12-17(26)23-20-22-15-3-1-2-4-16(15)29-20/h1-8H,9-12H2,(H,22,23,26). The fourth-order valence-corrected chi connectivity index (χ4v) is 3.97. The maximum absolute atomic E-state index is 13.0. The van der Waals surface area contributed by atoms with Gasteiger partial charge in [0.2, 0.25) is 5.91 Å². The lowest BCUT2D eigenvalue weighted by atomic mass is 10.2. The number of para-hydroxylation sites is 1. The zero-order valence-corrected chi connectivity index (χ0v) is 16.1. The van der Waals surface area contributed by atoms with Crippen LogP contribution < -0.4 is 5.32 Å². The molecule has 0 spiro atoms. The Morgan fingerprint density at radius 1 is 1.03 bits per heavy atom. The van der Waals surface area contributed by atoms with E-state index in [1.54, 1.807) is 12.1 Å². The molecular weight excluding hydrogens is 395 g/mol. The van der Waals surface area contributed by atoms with E-state index < -0.39 is 17.7 Å². The number of hydrogen-bond donors (Lipinski definition) is 1. The van der Waals surface area contributed by atoms with Crippen molar-refractivity contribution in [1.29, 1.82) is 0 Å². The highest BCUT2D eigenvalue weighted by molar-refractivity contribution is 7.22. The molecule has 0 saturated carbocycles. The monoisotopic (exact) mass is 412 g/mol. The SMILES string of the molecule is O=C(CN1CCN(Cc2ccc(F)cc2)C(=O)C1=O)Nc1nc2ccccc2s1. The number of piperazine rings is 1. The Labute approximate surface area is 169 Å². The van der Waals surface area contributed by atoms with Gasteiger partial charge < -0.3 is 15.1 Å². The molecule has 0 aliphatic carbocycles. The first-order valence-electron chi connectivity index (χ1n) is 8.97. The number of thiazole rings is 1. The summed E-state index contributed by atoms with van der Waals surface area (Å²) in [6.07, 6.45) is 0. The Bertz CT molecular complexity index is 1050. The molecule has 2 aromatic carbocycles. The number of amides is 3. The van der Waals surface area contributed by atoms with Crippen LogP contribution in [0.3, 0.4) is 0 Å². The van der Waals surface area contributed by atoms with Crippen molar-refractivity contribution in [2.75, 3.05) is 25.0 Å². The molecule has 29 heavy (non-hydrogen) atoms. The number of carbonyl (C=O) groups excluding carboxylic acids is 3. The third-order valence-corrected chi connectivity index (χ3v) is 5.51. The fraction of sp³-hybridized carbons (Fsp3) is 0.200. The maximum atomic E-state index is 13.0. The van der Waals surface area contributed by atoms with Crippen LogP contribution in [0, 0.1) is 5.82 Å². The summed E-state index contributed by atoms with van der Waals surface area (Å²) in [7, 11) is 0. The van der Waals surface area contributed by atoms with Gasteiger partial charge in [0.1, 0.15) is 12.4 Å². The third-order valence-electron chi connectivity index (χ3n) is 4.56. The summed E-state index contributed by atoms with van der Waals surface area (Å²) in [4.78, 5) is 44.0. The summed E-state index contributed by atoms with van der Waals surface area (Å²) in [5.74, 6) is -2.16. The summed E-state index contributed by atoms with van der Waals surface area (Å²) in [6, 6.07) is 13.3. The van der Waals surface area contributed by atoms with Gasteiger partial charge in [-0.2, -0.15) is 0 Å². The minimum absolute atomic E-state index is 0.217. The average molecular weight is 412 g/mol. The molecule has 1 aliphatic heterocycles. The van der Waals surface area contributed by atoms with Gasteiger partial charge >= 0.3 is 11.8 Å². The van der Waals surface area contributed by atoms with Gasteiger partial charge in [0.15, 0.2) is 5.13 Å². The molecule has 1 aromatic heterocycles. The van der Waals surface area contributed by atoms with E-state index in [4.69, 9.17) is 0 Å². The van der Waals surface area contributed by atoms with Gasteiger partial charge in [-0.15, -0.1) is 0 Å². The minimum atomic E-state index is -0.724. The molecule has 148 valence electrons. The maximum Gasteiger partial charge on any atom is 0.312 e. The molecule has 1 fully saturated rings. The second kappa shape index (κ2) is 7.96. The summed E-state index contributed by atoms with van der Waals surface area (Å²) < 4.78 is 14.0. The molecule has 2 heterocycles. The van der Waals surface area contributed by atoms with Gasteiger partial charge in [-0.1, -0.05) is 35.6 Å². The van der Waals surface area contributed by atoms with Crippen LogP contribution in [0.4, 0.5) is 9.52 Å². The number of hydrogen-bond acceptors (Lipinski definition) is 5. The van der Waals surface area contributed by atoms with Gasteiger partial charge in [-0.25, -0.2) is 9.37 Å². The molecule has 0 radical (unpaired) electrons. The molecule has 0 unspecified atom stereocenters. The Kier molecular flexibility index (Phi) is 5.22. The van der Waals surface area contributed by atoms with E-state index in [1.807, 2.05) is 24.3 Å². The number of carbonyl (C=O) groups is 3. The van der Waals surface area contributed by atoms with Crippen molar-refractivity contribution in [3.8, 4) is 0 Å². The summed E-state index contributed by atoms with van der Waals surface area (Å²) >= 11 is 1.34. The highest BCUT2D eigenvalue weighted by Gasteiger charge is 2.33. The number of benzene rings is 2. The average Bonchev–Trinajstić information content (AvgIpc) is 3.11. The number of halogens is 1. The first-order chi connectivity index (χ1) is 14.0. The van der Waals surface area contributed by atoms with Crippen LogP contribution >= 0.6 is 11.3 Å². The summed E-state index contributed by atoms with van der Waals surface area (Å²) in [6.45, 7) is 0.552. The lowest BCUT2D eigenvalue weighted by Gasteiger charge is -2.33. The predicted molar refractivity (Wildman–Crippen MR) is 107 cm³/mol. The fourth-order valence-electron chi connectivity index (χ4n) is 3.08. The van der Waals surface area contributed by atoms with Crippen molar-refractivity contribution in [2.45, 2.75) is 6.54 Å². The second-order valence-corrected chi connectivity index (χ2v) is 7.65. The van der Waals surface area contributed by atoms with Crippen LogP contribution in [0.1, 0.15) is 5.56 Å². The van der Waals surface area contributed by atoms with Crippen molar-refractivity contribution < 1.29 is 18.8 Å². The number of nitrogens with one attached hydrogen (secondary N) is 1. The largest absolute Gasteiger partial charge is 0.328 e. The first-order valence-corrected chi connectivity index (χ1v) is 9.79. The molecule has 7 nitrogen and oxygen atoms in total. The Balaban J connectivity index is 1.35. The molecular formula is C20H17FN4O3S. The third kappa shape index (κ3) is 4.24. The summed E-state index contributed by atoms with van der Waals surface area (Å²) in [5, 5.41) is 3.13. The van der Waals surface area contributed by atoms with Crippen LogP contribution in [0.5, 0.6) is 0 Å². The van der Waals surface area contributed by atoms with Crippen molar-refractivity contribution in [3.63, 3.8) is 0 Å². The number of nitrogens with zero attached hydrogens (tertiary/aromatic N) is 3. The van der Waals surface area contributed by atoms with E-state index in [1.165, 1.54) is 33.3 Å². The van der Waals surface area contributed by atoms with E-state index in [2.05, 4.69) is 10.3 Å². The van der Waals surface area contributed by atoms with Crippen molar-refractivity contribution in [2.24, 2.45) is 0 Å². The van der Waals surface area contributed by atoms with Crippen LogP contribution in [-0.2, 0) is 20.9 Å². The van der Waals surface area contributed by atoms with E-state index in [0.29, 0.717) is 11.7 Å². The van der Waals surface area contributed by atoms with E-state index in [0.717, 1.165) is 15.8 Å². The van der Waals surface area contributed by atoms with Gasteiger partial charge in [-0.05, 0) is 29.8 Å².